The lowest BCUT2D eigenvalue weighted by Crippen LogP contribution is -2.16. The van der Waals surface area contributed by atoms with Crippen LogP contribution in [0.15, 0.2) is 54.6 Å². The number of hydrogen-bond acceptors (Lipinski definition) is 6. The summed E-state index contributed by atoms with van der Waals surface area (Å²) in [5, 5.41) is 14.2. The van der Waals surface area contributed by atoms with E-state index in [0.29, 0.717) is 22.9 Å². The van der Waals surface area contributed by atoms with E-state index in [4.69, 9.17) is 4.74 Å². The minimum Gasteiger partial charge on any atom is -0.465 e. The maximum absolute atomic E-state index is 12.8. The second-order valence-corrected chi connectivity index (χ2v) is 8.42. The number of fused-ring (bicyclic) bond motifs is 1. The number of rotatable bonds is 5. The number of nitrogens with zero attached hydrogens (tertiary/aromatic N) is 1. The summed E-state index contributed by atoms with van der Waals surface area (Å²) in [7, 11) is 1.31. The first-order chi connectivity index (χ1) is 15.0. The van der Waals surface area contributed by atoms with Crippen LogP contribution in [0.4, 0.5) is 10.7 Å². The number of anilines is 1. The fourth-order valence-corrected chi connectivity index (χ4v) is 5.25. The third kappa shape index (κ3) is 4.20. The highest BCUT2D eigenvalue weighted by Crippen LogP contribution is 2.42. The zero-order valence-electron chi connectivity index (χ0n) is 16.8. The summed E-state index contributed by atoms with van der Waals surface area (Å²) >= 11 is 1.37. The van der Waals surface area contributed by atoms with Gasteiger partial charge in [-0.3, -0.25) is 14.9 Å². The molecule has 31 heavy (non-hydrogen) atoms. The largest absolute Gasteiger partial charge is 0.465 e. The van der Waals surface area contributed by atoms with Gasteiger partial charge in [-0.05, 0) is 42.4 Å². The topological polar surface area (TPSA) is 98.5 Å². The van der Waals surface area contributed by atoms with Crippen LogP contribution >= 0.6 is 11.3 Å². The SMILES string of the molecule is COC(=O)c1c(NC(=O)c2cccc([N+](=O)[O-])c2)sc2c1CCC(c1ccccc1)C2. The van der Waals surface area contributed by atoms with Crippen molar-refractivity contribution in [2.24, 2.45) is 0 Å². The number of hydrogen-bond donors (Lipinski definition) is 1. The lowest BCUT2D eigenvalue weighted by molar-refractivity contribution is -0.384. The van der Waals surface area contributed by atoms with E-state index in [0.717, 1.165) is 23.3 Å². The van der Waals surface area contributed by atoms with Gasteiger partial charge in [-0.2, -0.15) is 0 Å². The first-order valence-corrected chi connectivity index (χ1v) is 10.6. The number of ether oxygens (including phenoxy) is 1. The van der Waals surface area contributed by atoms with Gasteiger partial charge in [-0.1, -0.05) is 36.4 Å². The van der Waals surface area contributed by atoms with E-state index >= 15 is 0 Å². The molecule has 0 radical (unpaired) electrons. The molecule has 1 amide bonds. The summed E-state index contributed by atoms with van der Waals surface area (Å²) in [4.78, 5) is 36.8. The fourth-order valence-electron chi connectivity index (χ4n) is 3.94. The number of thiophene rings is 1. The van der Waals surface area contributed by atoms with E-state index in [-0.39, 0.29) is 11.3 Å². The van der Waals surface area contributed by atoms with Crippen LogP contribution < -0.4 is 5.32 Å². The van der Waals surface area contributed by atoms with Gasteiger partial charge in [0.1, 0.15) is 5.00 Å². The molecule has 1 N–H and O–H groups in total. The average molecular weight is 436 g/mol. The third-order valence-corrected chi connectivity index (χ3v) is 6.64. The van der Waals surface area contributed by atoms with Crippen LogP contribution in [-0.2, 0) is 17.6 Å². The molecule has 4 rings (SSSR count). The normalized spacial score (nSPS) is 15.1. The monoisotopic (exact) mass is 436 g/mol. The number of nitro groups is 1. The number of non-ortho nitro benzene ring substituents is 1. The lowest BCUT2D eigenvalue weighted by atomic mass is 9.83. The minimum atomic E-state index is -0.551. The maximum atomic E-state index is 12.8. The number of methoxy groups -OCH3 is 1. The molecule has 158 valence electrons. The van der Waals surface area contributed by atoms with Crippen molar-refractivity contribution in [3.8, 4) is 0 Å². The van der Waals surface area contributed by atoms with Gasteiger partial charge in [0.2, 0.25) is 0 Å². The molecule has 0 bridgehead atoms. The van der Waals surface area contributed by atoms with E-state index < -0.39 is 16.8 Å². The van der Waals surface area contributed by atoms with Crippen LogP contribution in [0.25, 0.3) is 0 Å². The first kappa shape index (κ1) is 20.7. The van der Waals surface area contributed by atoms with Crippen molar-refractivity contribution in [1.82, 2.24) is 0 Å². The van der Waals surface area contributed by atoms with Crippen molar-refractivity contribution in [1.29, 1.82) is 0 Å². The van der Waals surface area contributed by atoms with Crippen LogP contribution in [0.1, 0.15) is 49.1 Å². The Morgan fingerprint density at radius 3 is 2.65 bits per heavy atom. The Morgan fingerprint density at radius 1 is 1.16 bits per heavy atom. The molecule has 7 nitrogen and oxygen atoms in total. The fraction of sp³-hybridized carbons (Fsp3) is 0.217. The van der Waals surface area contributed by atoms with Gasteiger partial charge in [0.05, 0.1) is 17.6 Å². The van der Waals surface area contributed by atoms with Gasteiger partial charge >= 0.3 is 5.97 Å². The second-order valence-electron chi connectivity index (χ2n) is 7.31. The van der Waals surface area contributed by atoms with E-state index in [1.54, 1.807) is 0 Å². The van der Waals surface area contributed by atoms with Crippen LogP contribution in [0, 0.1) is 10.1 Å². The molecule has 1 aliphatic carbocycles. The molecule has 1 aliphatic rings. The van der Waals surface area contributed by atoms with Gasteiger partial charge in [0.25, 0.3) is 11.6 Å². The molecular formula is C23H20N2O5S. The molecular weight excluding hydrogens is 416 g/mol. The summed E-state index contributed by atoms with van der Waals surface area (Å²) in [5.41, 5.74) is 2.53. The molecule has 1 heterocycles. The van der Waals surface area contributed by atoms with Crippen molar-refractivity contribution < 1.29 is 19.2 Å². The quantitative estimate of drug-likeness (QED) is 0.346. The number of amides is 1. The van der Waals surface area contributed by atoms with Crippen molar-refractivity contribution >= 4 is 33.9 Å². The first-order valence-electron chi connectivity index (χ1n) is 9.81. The van der Waals surface area contributed by atoms with Crippen LogP contribution in [0.2, 0.25) is 0 Å². The van der Waals surface area contributed by atoms with Crippen LogP contribution in [-0.4, -0.2) is 23.9 Å². The van der Waals surface area contributed by atoms with Crippen LogP contribution in [0.3, 0.4) is 0 Å². The molecule has 0 spiro atoms. The predicted molar refractivity (Wildman–Crippen MR) is 118 cm³/mol. The highest BCUT2D eigenvalue weighted by Gasteiger charge is 2.30. The summed E-state index contributed by atoms with van der Waals surface area (Å²) in [6.45, 7) is 0. The van der Waals surface area contributed by atoms with Gasteiger partial charge < -0.3 is 10.1 Å². The standard InChI is InChI=1S/C23H20N2O5S/c1-30-23(27)20-18-11-10-15(14-6-3-2-4-7-14)13-19(18)31-22(20)24-21(26)16-8-5-9-17(12-16)25(28)29/h2-9,12,15H,10-11,13H2,1H3,(H,24,26). The van der Waals surface area contributed by atoms with Gasteiger partial charge in [0.15, 0.2) is 0 Å². The molecule has 0 saturated heterocycles. The van der Waals surface area contributed by atoms with E-state index in [9.17, 15) is 19.7 Å². The number of esters is 1. The number of nitrogens with one attached hydrogen (secondary N) is 1. The number of carbonyl (C=O) groups excluding carboxylic acids is 2. The average Bonchev–Trinajstić information content (AvgIpc) is 3.16. The van der Waals surface area contributed by atoms with Crippen molar-refractivity contribution in [3.63, 3.8) is 0 Å². The maximum Gasteiger partial charge on any atom is 0.341 e. The predicted octanol–water partition coefficient (Wildman–Crippen LogP) is 4.97. The molecule has 3 aromatic rings. The molecule has 0 aliphatic heterocycles. The molecule has 1 unspecified atom stereocenters. The highest BCUT2D eigenvalue weighted by molar-refractivity contribution is 7.17. The van der Waals surface area contributed by atoms with Crippen molar-refractivity contribution in [2.75, 3.05) is 12.4 Å². The second kappa shape index (κ2) is 8.69. The molecule has 1 atom stereocenters. The Kier molecular flexibility index (Phi) is 5.81. The Bertz CT molecular complexity index is 1160. The summed E-state index contributed by atoms with van der Waals surface area (Å²) in [6.07, 6.45) is 2.39. The van der Waals surface area contributed by atoms with Crippen molar-refractivity contribution in [3.05, 3.63) is 91.8 Å². The Labute approximate surface area is 182 Å². The van der Waals surface area contributed by atoms with Crippen LogP contribution in [0.5, 0.6) is 0 Å². The summed E-state index contributed by atoms with van der Waals surface area (Å²) in [5.74, 6) is -0.657. The zero-order chi connectivity index (χ0) is 22.0. The Morgan fingerprint density at radius 2 is 1.94 bits per heavy atom. The zero-order valence-corrected chi connectivity index (χ0v) is 17.6. The summed E-state index contributed by atoms with van der Waals surface area (Å²) < 4.78 is 4.98. The van der Waals surface area contributed by atoms with E-state index in [2.05, 4.69) is 17.4 Å². The Hall–Kier alpha value is -3.52. The smallest absolute Gasteiger partial charge is 0.341 e. The number of carbonyl (C=O) groups is 2. The van der Waals surface area contributed by atoms with E-state index in [1.165, 1.54) is 48.3 Å². The van der Waals surface area contributed by atoms with E-state index in [1.807, 2.05) is 18.2 Å². The number of nitro benzene ring substituents is 1. The molecule has 0 saturated carbocycles. The molecule has 0 fully saturated rings. The van der Waals surface area contributed by atoms with Gasteiger partial charge in [-0.15, -0.1) is 11.3 Å². The third-order valence-electron chi connectivity index (χ3n) is 5.47. The minimum absolute atomic E-state index is 0.151. The van der Waals surface area contributed by atoms with Crippen molar-refractivity contribution in [2.45, 2.75) is 25.2 Å². The highest BCUT2D eigenvalue weighted by atomic mass is 32.1. The summed E-state index contributed by atoms with van der Waals surface area (Å²) in [6, 6.07) is 15.7. The lowest BCUT2D eigenvalue weighted by Gasteiger charge is -2.22. The van der Waals surface area contributed by atoms with Gasteiger partial charge in [0, 0.05) is 22.6 Å². The molecule has 1 aromatic heterocycles. The molecule has 2 aromatic carbocycles. The van der Waals surface area contributed by atoms with Gasteiger partial charge in [-0.25, -0.2) is 4.79 Å². The Balaban J connectivity index is 1.65. The number of benzene rings is 2. The molecule has 8 heteroatoms.